The van der Waals surface area contributed by atoms with Crippen LogP contribution in [-0.2, 0) is 0 Å². The molecule has 0 aromatic carbocycles. The highest BCUT2D eigenvalue weighted by atomic mass is 15.1. The maximum atomic E-state index is 4.49. The molecule has 0 bridgehead atoms. The maximum absolute atomic E-state index is 4.49. The first-order chi connectivity index (χ1) is 9.45. The fourth-order valence-electron chi connectivity index (χ4n) is 1.93. The number of hydrogen-bond acceptors (Lipinski definition) is 5. The topological polar surface area (TPSA) is 53.1 Å². The number of rotatable bonds is 8. The summed E-state index contributed by atoms with van der Waals surface area (Å²) in [6.45, 7) is 13.4. The molecule has 2 N–H and O–H groups in total. The molecule has 0 unspecified atom stereocenters. The fraction of sp³-hybridized carbons (Fsp3) is 0.733. The lowest BCUT2D eigenvalue weighted by molar-refractivity contribution is 0.273. The monoisotopic (exact) mass is 279 g/mol. The largest absolute Gasteiger partial charge is 0.370 e. The molecule has 0 fully saturated rings. The van der Waals surface area contributed by atoms with Gasteiger partial charge in [0.25, 0.3) is 0 Å². The standard InChI is InChI=1S/C15H29N5/c1-7-16-14-12(4)15(19-13(5)18-14)17-9-8-10-20(6)11(2)3/h11H,7-10H2,1-6H3,(H2,16,17,18,19). The summed E-state index contributed by atoms with van der Waals surface area (Å²) in [7, 11) is 2.16. The molecule has 0 radical (unpaired) electrons. The van der Waals surface area contributed by atoms with Crippen LogP contribution in [0.3, 0.4) is 0 Å². The highest BCUT2D eigenvalue weighted by Crippen LogP contribution is 2.19. The van der Waals surface area contributed by atoms with Gasteiger partial charge in [0, 0.05) is 24.7 Å². The van der Waals surface area contributed by atoms with Crippen molar-refractivity contribution in [3.8, 4) is 0 Å². The van der Waals surface area contributed by atoms with Crippen molar-refractivity contribution in [2.75, 3.05) is 37.3 Å². The Kier molecular flexibility index (Phi) is 6.71. The third-order valence-electron chi connectivity index (χ3n) is 3.46. The molecule has 0 amide bonds. The molecule has 1 rings (SSSR count). The lowest BCUT2D eigenvalue weighted by Crippen LogP contribution is -2.28. The first-order valence-electron chi connectivity index (χ1n) is 7.48. The highest BCUT2D eigenvalue weighted by Gasteiger charge is 2.08. The van der Waals surface area contributed by atoms with Gasteiger partial charge in [0.05, 0.1) is 0 Å². The lowest BCUT2D eigenvalue weighted by Gasteiger charge is -2.21. The van der Waals surface area contributed by atoms with Gasteiger partial charge in [-0.2, -0.15) is 0 Å². The molecule has 5 heteroatoms. The molecule has 114 valence electrons. The number of hydrogen-bond donors (Lipinski definition) is 2. The van der Waals surface area contributed by atoms with Crippen molar-refractivity contribution in [3.63, 3.8) is 0 Å². The van der Waals surface area contributed by atoms with E-state index in [4.69, 9.17) is 0 Å². The van der Waals surface area contributed by atoms with Gasteiger partial charge in [0.1, 0.15) is 17.5 Å². The molecular weight excluding hydrogens is 250 g/mol. The lowest BCUT2D eigenvalue weighted by atomic mass is 10.2. The average molecular weight is 279 g/mol. The minimum Gasteiger partial charge on any atom is -0.370 e. The van der Waals surface area contributed by atoms with E-state index in [0.29, 0.717) is 6.04 Å². The van der Waals surface area contributed by atoms with E-state index in [0.717, 1.165) is 49.1 Å². The zero-order chi connectivity index (χ0) is 15.1. The van der Waals surface area contributed by atoms with Gasteiger partial charge >= 0.3 is 0 Å². The van der Waals surface area contributed by atoms with Gasteiger partial charge in [-0.1, -0.05) is 0 Å². The minimum atomic E-state index is 0.596. The molecule has 0 aliphatic carbocycles. The van der Waals surface area contributed by atoms with Crippen LogP contribution in [0.1, 0.15) is 38.6 Å². The van der Waals surface area contributed by atoms with Crippen molar-refractivity contribution in [1.82, 2.24) is 14.9 Å². The molecule has 0 atom stereocenters. The molecule has 1 aromatic heterocycles. The van der Waals surface area contributed by atoms with Gasteiger partial charge in [0.2, 0.25) is 0 Å². The predicted molar refractivity (Wildman–Crippen MR) is 86.5 cm³/mol. The van der Waals surface area contributed by atoms with Gasteiger partial charge in [-0.3, -0.25) is 0 Å². The van der Waals surface area contributed by atoms with E-state index >= 15 is 0 Å². The van der Waals surface area contributed by atoms with Crippen LogP contribution < -0.4 is 10.6 Å². The van der Waals surface area contributed by atoms with Gasteiger partial charge in [-0.15, -0.1) is 0 Å². The first-order valence-corrected chi connectivity index (χ1v) is 7.48. The van der Waals surface area contributed by atoms with Crippen molar-refractivity contribution in [2.24, 2.45) is 0 Å². The third kappa shape index (κ3) is 4.96. The van der Waals surface area contributed by atoms with Crippen LogP contribution in [0, 0.1) is 13.8 Å². The highest BCUT2D eigenvalue weighted by molar-refractivity contribution is 5.57. The Labute approximate surface area is 123 Å². The van der Waals surface area contributed by atoms with Crippen molar-refractivity contribution >= 4 is 11.6 Å². The van der Waals surface area contributed by atoms with Gasteiger partial charge < -0.3 is 15.5 Å². The van der Waals surface area contributed by atoms with Gasteiger partial charge in [0.15, 0.2) is 0 Å². The van der Waals surface area contributed by atoms with E-state index < -0.39 is 0 Å². The fourth-order valence-corrected chi connectivity index (χ4v) is 1.93. The molecule has 1 heterocycles. The molecule has 20 heavy (non-hydrogen) atoms. The van der Waals surface area contributed by atoms with E-state index in [1.807, 2.05) is 6.92 Å². The molecule has 5 nitrogen and oxygen atoms in total. The van der Waals surface area contributed by atoms with E-state index in [1.54, 1.807) is 0 Å². The van der Waals surface area contributed by atoms with Crippen LogP contribution >= 0.6 is 0 Å². The molecule has 0 spiro atoms. The van der Waals surface area contributed by atoms with Crippen LogP contribution in [-0.4, -0.2) is 47.6 Å². The maximum Gasteiger partial charge on any atom is 0.134 e. The Morgan fingerprint density at radius 1 is 1.10 bits per heavy atom. The average Bonchev–Trinajstić information content (AvgIpc) is 2.39. The zero-order valence-corrected chi connectivity index (χ0v) is 13.7. The number of aryl methyl sites for hydroxylation is 1. The second-order valence-corrected chi connectivity index (χ2v) is 5.48. The summed E-state index contributed by atoms with van der Waals surface area (Å²) in [6, 6.07) is 0.596. The Balaban J connectivity index is 2.55. The smallest absolute Gasteiger partial charge is 0.134 e. The van der Waals surface area contributed by atoms with Crippen LogP contribution in [0.2, 0.25) is 0 Å². The van der Waals surface area contributed by atoms with E-state index in [9.17, 15) is 0 Å². The summed E-state index contributed by atoms with van der Waals surface area (Å²) >= 11 is 0. The van der Waals surface area contributed by atoms with E-state index in [2.05, 4.69) is 60.2 Å². The molecule has 0 aliphatic rings. The Morgan fingerprint density at radius 3 is 2.25 bits per heavy atom. The number of nitrogens with zero attached hydrogens (tertiary/aromatic N) is 3. The summed E-state index contributed by atoms with van der Waals surface area (Å²) in [5, 5.41) is 6.71. The zero-order valence-electron chi connectivity index (χ0n) is 13.7. The molecular formula is C15H29N5. The Morgan fingerprint density at radius 2 is 1.70 bits per heavy atom. The van der Waals surface area contributed by atoms with Gasteiger partial charge in [-0.25, -0.2) is 9.97 Å². The van der Waals surface area contributed by atoms with Crippen LogP contribution in [0.15, 0.2) is 0 Å². The van der Waals surface area contributed by atoms with E-state index in [-0.39, 0.29) is 0 Å². The van der Waals surface area contributed by atoms with Crippen LogP contribution in [0.25, 0.3) is 0 Å². The SMILES string of the molecule is CCNc1nc(C)nc(NCCCN(C)C(C)C)c1C. The third-order valence-corrected chi connectivity index (χ3v) is 3.46. The van der Waals surface area contributed by atoms with E-state index in [1.165, 1.54) is 0 Å². The molecule has 0 saturated carbocycles. The number of nitrogens with one attached hydrogen (secondary N) is 2. The molecule has 1 aromatic rings. The van der Waals surface area contributed by atoms with Crippen molar-refractivity contribution in [2.45, 2.75) is 47.1 Å². The molecule has 0 saturated heterocycles. The van der Waals surface area contributed by atoms with Crippen molar-refractivity contribution < 1.29 is 0 Å². The number of aromatic nitrogens is 2. The van der Waals surface area contributed by atoms with Crippen LogP contribution in [0.4, 0.5) is 11.6 Å². The van der Waals surface area contributed by atoms with Crippen molar-refractivity contribution in [3.05, 3.63) is 11.4 Å². The predicted octanol–water partition coefficient (Wildman–Crippen LogP) is 2.67. The summed E-state index contributed by atoms with van der Waals surface area (Å²) in [4.78, 5) is 11.3. The van der Waals surface area contributed by atoms with Crippen molar-refractivity contribution in [1.29, 1.82) is 0 Å². The number of anilines is 2. The normalized spacial score (nSPS) is 11.2. The second-order valence-electron chi connectivity index (χ2n) is 5.48. The minimum absolute atomic E-state index is 0.596. The van der Waals surface area contributed by atoms with Gasteiger partial charge in [-0.05, 0) is 54.6 Å². The quantitative estimate of drug-likeness (QED) is 0.717. The Hall–Kier alpha value is -1.36. The first kappa shape index (κ1) is 16.7. The summed E-state index contributed by atoms with van der Waals surface area (Å²) in [6.07, 6.45) is 1.10. The Bertz CT molecular complexity index is 417. The molecule has 0 aliphatic heterocycles. The second kappa shape index (κ2) is 8.04. The summed E-state index contributed by atoms with van der Waals surface area (Å²) in [5.74, 6) is 2.68. The van der Waals surface area contributed by atoms with Crippen LogP contribution in [0.5, 0.6) is 0 Å². The summed E-state index contributed by atoms with van der Waals surface area (Å²) < 4.78 is 0. The summed E-state index contributed by atoms with van der Waals surface area (Å²) in [5.41, 5.74) is 1.09.